The van der Waals surface area contributed by atoms with Gasteiger partial charge in [-0.25, -0.2) is 4.79 Å². The molecular formula is C27H32Cl2N4O9. The van der Waals surface area contributed by atoms with Gasteiger partial charge in [-0.2, -0.15) is 10.3 Å². The van der Waals surface area contributed by atoms with Crippen molar-refractivity contribution < 1.29 is 33.3 Å². The molecule has 0 radical (unpaired) electrons. The Balaban J connectivity index is 0.000000369. The first-order valence-corrected chi connectivity index (χ1v) is 14.0. The fourth-order valence-corrected chi connectivity index (χ4v) is 4.92. The van der Waals surface area contributed by atoms with E-state index in [0.29, 0.717) is 41.1 Å². The number of nitrogens with zero attached hydrogens (tertiary/aromatic N) is 1. The summed E-state index contributed by atoms with van der Waals surface area (Å²) in [6.07, 6.45) is 1.99. The number of carbonyl (C=O) groups is 3. The van der Waals surface area contributed by atoms with E-state index in [0.717, 1.165) is 18.4 Å². The number of ether oxygens (including phenoxy) is 1. The summed E-state index contributed by atoms with van der Waals surface area (Å²) in [5, 5.41) is 16.4. The Hall–Kier alpha value is -3.97. The number of piperidine rings is 1. The van der Waals surface area contributed by atoms with E-state index in [-0.39, 0.29) is 60.9 Å². The largest absolute Gasteiger partial charge is 0.481 e. The number of aryl methyl sites for hydroxylation is 2. The molecule has 3 heterocycles. The molecule has 228 valence electrons. The Morgan fingerprint density at radius 1 is 1.00 bits per heavy atom. The third kappa shape index (κ3) is 11.1. The summed E-state index contributed by atoms with van der Waals surface area (Å²) in [4.78, 5) is 57.7. The molecule has 0 spiro atoms. The molecule has 2 atom stereocenters. The first-order valence-electron chi connectivity index (χ1n) is 13.2. The van der Waals surface area contributed by atoms with Crippen LogP contribution < -0.4 is 16.4 Å². The van der Waals surface area contributed by atoms with E-state index >= 15 is 0 Å². The maximum atomic E-state index is 12.5. The molecule has 2 unspecified atom stereocenters. The minimum Gasteiger partial charge on any atom is -0.481 e. The molecule has 1 fully saturated rings. The summed E-state index contributed by atoms with van der Waals surface area (Å²) in [5.74, 6) is 0.102. The molecule has 0 bridgehead atoms. The van der Waals surface area contributed by atoms with Crippen molar-refractivity contribution >= 4 is 41.2 Å². The Morgan fingerprint density at radius 2 is 1.60 bits per heavy atom. The number of hydrogen-bond donors (Lipinski definition) is 4. The minimum absolute atomic E-state index is 0.000215. The molecule has 0 saturated carbocycles. The van der Waals surface area contributed by atoms with Gasteiger partial charge in [-0.1, -0.05) is 23.2 Å². The number of aliphatic carboxylic acids is 1. The zero-order valence-corrected chi connectivity index (χ0v) is 24.3. The van der Waals surface area contributed by atoms with Gasteiger partial charge in [0.25, 0.3) is 11.1 Å². The molecule has 1 saturated heterocycles. The van der Waals surface area contributed by atoms with Gasteiger partial charge in [0.15, 0.2) is 0 Å². The topological polar surface area (TPSA) is 188 Å². The van der Waals surface area contributed by atoms with Crippen LogP contribution in [0.2, 0.25) is 10.0 Å². The summed E-state index contributed by atoms with van der Waals surface area (Å²) >= 11 is 11.9. The number of aromatic nitrogens is 2. The number of aromatic amines is 2. The van der Waals surface area contributed by atoms with Crippen LogP contribution >= 0.6 is 23.2 Å². The van der Waals surface area contributed by atoms with Crippen LogP contribution in [0.1, 0.15) is 49.7 Å². The molecule has 13 nitrogen and oxygen atoms in total. The van der Waals surface area contributed by atoms with Gasteiger partial charge < -0.3 is 29.1 Å². The van der Waals surface area contributed by atoms with Crippen LogP contribution in [0, 0.1) is 5.92 Å². The molecule has 42 heavy (non-hydrogen) atoms. The van der Waals surface area contributed by atoms with Crippen molar-refractivity contribution in [3.05, 3.63) is 78.2 Å². The highest BCUT2D eigenvalue weighted by Gasteiger charge is 2.30. The zero-order chi connectivity index (χ0) is 30.6. The lowest BCUT2D eigenvalue weighted by Gasteiger charge is -2.37. The van der Waals surface area contributed by atoms with E-state index in [1.807, 2.05) is 6.92 Å². The number of likely N-dealkylation sites (tertiary alicyclic amines) is 1. The summed E-state index contributed by atoms with van der Waals surface area (Å²) in [7, 11) is 0. The fraction of sp³-hybridized carbons (Fsp3) is 0.444. The lowest BCUT2D eigenvalue weighted by Crippen LogP contribution is -2.46. The normalized spacial score (nSPS) is 16.3. The maximum absolute atomic E-state index is 12.5. The van der Waals surface area contributed by atoms with E-state index < -0.39 is 5.97 Å². The number of nitrogens with one attached hydrogen (secondary N) is 3. The second-order valence-electron chi connectivity index (χ2n) is 9.82. The summed E-state index contributed by atoms with van der Waals surface area (Å²) in [5.41, 5.74) is 0.0754. The number of rotatable bonds is 10. The van der Waals surface area contributed by atoms with E-state index in [4.69, 9.17) is 37.6 Å². The Bertz CT molecular complexity index is 1440. The smallest absolute Gasteiger partial charge is 0.410 e. The lowest BCUT2D eigenvalue weighted by molar-refractivity contribution is -0.137. The Morgan fingerprint density at radius 3 is 2.12 bits per heavy atom. The van der Waals surface area contributed by atoms with Crippen molar-refractivity contribution in [1.82, 2.24) is 20.5 Å². The molecule has 4 rings (SSSR count). The third-order valence-electron chi connectivity index (χ3n) is 6.43. The monoisotopic (exact) mass is 626 g/mol. The van der Waals surface area contributed by atoms with Gasteiger partial charge in [0.05, 0.1) is 6.42 Å². The van der Waals surface area contributed by atoms with Gasteiger partial charge >= 0.3 is 12.1 Å². The van der Waals surface area contributed by atoms with Gasteiger partial charge in [0.2, 0.25) is 5.91 Å². The minimum atomic E-state index is -0.908. The van der Waals surface area contributed by atoms with Crippen molar-refractivity contribution in [2.24, 2.45) is 5.92 Å². The van der Waals surface area contributed by atoms with Crippen LogP contribution in [0.15, 0.2) is 49.0 Å². The fourth-order valence-electron chi connectivity index (χ4n) is 4.35. The van der Waals surface area contributed by atoms with Crippen molar-refractivity contribution in [2.45, 2.75) is 58.1 Å². The van der Waals surface area contributed by atoms with Crippen molar-refractivity contribution in [3.63, 3.8) is 0 Å². The first-order chi connectivity index (χ1) is 20.0. The van der Waals surface area contributed by atoms with Crippen LogP contribution in [-0.4, -0.2) is 57.4 Å². The first kappa shape index (κ1) is 32.5. The number of carboxylic acids is 1. The van der Waals surface area contributed by atoms with Gasteiger partial charge in [-0.3, -0.25) is 19.2 Å². The van der Waals surface area contributed by atoms with Crippen LogP contribution in [0.25, 0.3) is 0 Å². The number of carboxylic acid groups (broad SMARTS) is 1. The van der Waals surface area contributed by atoms with Crippen LogP contribution in [0.5, 0.6) is 0 Å². The molecule has 2 aromatic heterocycles. The lowest BCUT2D eigenvalue weighted by atomic mass is 9.92. The predicted molar refractivity (Wildman–Crippen MR) is 151 cm³/mol. The average molecular weight is 627 g/mol. The third-order valence-corrected chi connectivity index (χ3v) is 6.86. The summed E-state index contributed by atoms with van der Waals surface area (Å²) in [6.45, 7) is 3.18. The Labute approximate surface area is 250 Å². The van der Waals surface area contributed by atoms with E-state index in [1.165, 1.54) is 12.1 Å². The number of benzene rings is 1. The average Bonchev–Trinajstić information content (AvgIpc) is 3.55. The maximum Gasteiger partial charge on any atom is 0.410 e. The summed E-state index contributed by atoms with van der Waals surface area (Å²) in [6, 6.07) is 7.62. The number of amides is 2. The molecular weight excluding hydrogens is 595 g/mol. The van der Waals surface area contributed by atoms with E-state index in [9.17, 15) is 24.0 Å². The molecule has 0 aliphatic carbocycles. The molecule has 1 aliphatic rings. The predicted octanol–water partition coefficient (Wildman–Crippen LogP) is 3.75. The van der Waals surface area contributed by atoms with Crippen LogP contribution in [0.4, 0.5) is 4.79 Å². The number of hydrogen-bond acceptors (Lipinski definition) is 8. The highest BCUT2D eigenvalue weighted by atomic mass is 35.5. The number of carbonyl (C=O) groups excluding carboxylic acids is 2. The zero-order valence-electron chi connectivity index (χ0n) is 22.8. The van der Waals surface area contributed by atoms with Gasteiger partial charge in [0.1, 0.15) is 18.1 Å². The second kappa shape index (κ2) is 15.9. The van der Waals surface area contributed by atoms with Gasteiger partial charge in [0, 0.05) is 60.6 Å². The highest BCUT2D eigenvalue weighted by Crippen LogP contribution is 2.24. The molecule has 1 aliphatic heterocycles. The van der Waals surface area contributed by atoms with E-state index in [2.05, 4.69) is 20.2 Å². The van der Waals surface area contributed by atoms with Crippen molar-refractivity contribution in [3.8, 4) is 0 Å². The molecule has 4 N–H and O–H groups in total. The second-order valence-corrected chi connectivity index (χ2v) is 10.7. The van der Waals surface area contributed by atoms with E-state index in [1.54, 1.807) is 23.1 Å². The molecule has 2 amide bonds. The Kier molecular flexibility index (Phi) is 12.3. The van der Waals surface area contributed by atoms with Crippen molar-refractivity contribution in [1.29, 1.82) is 0 Å². The SMILES string of the molecule is CC1CC(CNC(=O)CCc2cc(=O)[nH]o2)CCN1C(=O)OCc1cc(Cl)cc(Cl)c1.O=C(O)CCc1cc(=O)[nH]o1. The van der Waals surface area contributed by atoms with Gasteiger partial charge in [-0.15, -0.1) is 0 Å². The highest BCUT2D eigenvalue weighted by molar-refractivity contribution is 6.34. The molecule has 15 heteroatoms. The number of halogens is 2. The van der Waals surface area contributed by atoms with Crippen LogP contribution in [-0.2, 0) is 33.8 Å². The molecule has 1 aromatic carbocycles. The van der Waals surface area contributed by atoms with Crippen molar-refractivity contribution in [2.75, 3.05) is 13.1 Å². The summed E-state index contributed by atoms with van der Waals surface area (Å²) < 4.78 is 15.0. The molecule has 3 aromatic rings. The van der Waals surface area contributed by atoms with Gasteiger partial charge in [-0.05, 0) is 49.4 Å². The number of H-pyrrole nitrogens is 2. The standard InChI is InChI=1S/C21H25Cl2N3O5.C6H7NO4/c1-13-6-14(11-24-19(27)3-2-18-10-20(28)25-31-18)4-5-26(13)21(29)30-12-15-7-16(22)9-17(23)8-15;8-5-3-4(11-7-5)1-2-6(9)10/h7-10,13-14H,2-6,11-12H2,1H3,(H,24,27)(H,25,28);3H,1-2H2,(H,7,8)(H,9,10). The quantitative estimate of drug-likeness (QED) is 0.260. The van der Waals surface area contributed by atoms with Crippen LogP contribution in [0.3, 0.4) is 0 Å².